The van der Waals surface area contributed by atoms with E-state index in [1.165, 1.54) is 0 Å². The summed E-state index contributed by atoms with van der Waals surface area (Å²) in [6.07, 6.45) is 1.82. The third kappa shape index (κ3) is 1.16. The van der Waals surface area contributed by atoms with Crippen LogP contribution in [0.3, 0.4) is 0 Å². The molecule has 59 valence electrons. The average Bonchev–Trinajstić information content (AvgIpc) is 2.32. The molecule has 0 aromatic carbocycles. The first-order valence-corrected chi connectivity index (χ1v) is 2.26. The average molecular weight is 161 g/mol. The fourth-order valence-electron chi connectivity index (χ4n) is 0.429. The third-order valence-electron chi connectivity index (χ3n) is 0.797. The van der Waals surface area contributed by atoms with Gasteiger partial charge in [0.25, 0.3) is 5.03 Å². The van der Waals surface area contributed by atoms with Gasteiger partial charge in [-0.2, -0.15) is 0 Å². The van der Waals surface area contributed by atoms with E-state index in [0.29, 0.717) is 0 Å². The normalized spacial score (nSPS) is 15.6. The van der Waals surface area contributed by atoms with Gasteiger partial charge in [0.05, 0.1) is 0 Å². The lowest BCUT2D eigenvalue weighted by atomic mass is 10.8. The summed E-state index contributed by atoms with van der Waals surface area (Å²) in [5.41, 5.74) is 1.74. The van der Waals surface area contributed by atoms with Crippen molar-refractivity contribution in [1.29, 1.82) is 0 Å². The fraction of sp³-hybridized carbons (Fsp3) is 0. The standard InChI is InChI=1S/C2HN4O5/c7-5(8)2-1-3-11-4(2)6(9)10/h3H. The minimum Gasteiger partial charge on any atom is -0.358 e. The van der Waals surface area contributed by atoms with Crippen LogP contribution in [0.4, 0.5) is 0 Å². The van der Waals surface area contributed by atoms with Crippen molar-refractivity contribution in [3.63, 3.8) is 0 Å². The third-order valence-corrected chi connectivity index (χ3v) is 0.797. The van der Waals surface area contributed by atoms with Crippen LogP contribution in [0.5, 0.6) is 0 Å². The number of hydrogen-bond acceptors (Lipinski definition) is 6. The summed E-state index contributed by atoms with van der Waals surface area (Å²) < 4.78 is 0. The summed E-state index contributed by atoms with van der Waals surface area (Å²) in [6.45, 7) is 0. The van der Waals surface area contributed by atoms with Gasteiger partial charge >= 0.3 is 5.82 Å². The highest BCUT2D eigenvalue weighted by atomic mass is 16.9. The van der Waals surface area contributed by atoms with Gasteiger partial charge in [-0.05, 0) is 9.86 Å². The van der Waals surface area contributed by atoms with Gasteiger partial charge in [0.2, 0.25) is 11.4 Å². The minimum atomic E-state index is -1.09. The highest BCUT2D eigenvalue weighted by Crippen LogP contribution is 2.07. The van der Waals surface area contributed by atoms with E-state index in [4.69, 9.17) is 0 Å². The van der Waals surface area contributed by atoms with Crippen molar-refractivity contribution in [2.45, 2.75) is 0 Å². The Bertz CT molecular complexity index is 235. The van der Waals surface area contributed by atoms with E-state index in [1.54, 1.807) is 5.48 Å². The Morgan fingerprint density at radius 1 is 1.55 bits per heavy atom. The van der Waals surface area contributed by atoms with E-state index >= 15 is 0 Å². The Morgan fingerprint density at radius 2 is 2.18 bits per heavy atom. The molecular formula is C2HN4O5. The second kappa shape index (κ2) is 2.38. The second-order valence-electron chi connectivity index (χ2n) is 1.41. The molecule has 1 aliphatic rings. The van der Waals surface area contributed by atoms with E-state index in [-0.39, 0.29) is 5.17 Å². The molecule has 0 atom stereocenters. The van der Waals surface area contributed by atoms with Crippen LogP contribution in [-0.4, -0.2) is 15.1 Å². The molecule has 0 fully saturated rings. The molecule has 0 saturated heterocycles. The lowest BCUT2D eigenvalue weighted by Gasteiger charge is -1.95. The molecule has 1 N–H and O–H groups in total. The number of hydroxylamine groups is 2. The molecule has 0 spiro atoms. The molecule has 1 aliphatic heterocycles. The first kappa shape index (κ1) is 7.21. The summed E-state index contributed by atoms with van der Waals surface area (Å²) in [5.74, 6) is -0.894. The lowest BCUT2D eigenvalue weighted by molar-refractivity contribution is -0.749. The molecule has 0 unspecified atom stereocenters. The number of nitro groups is 2. The van der Waals surface area contributed by atoms with Crippen LogP contribution in [0.15, 0.2) is 5.82 Å². The molecule has 0 aliphatic carbocycles. The monoisotopic (exact) mass is 161 g/mol. The van der Waals surface area contributed by atoms with Crippen molar-refractivity contribution in [3.05, 3.63) is 32.2 Å². The van der Waals surface area contributed by atoms with Crippen LogP contribution in [0.1, 0.15) is 0 Å². The lowest BCUT2D eigenvalue weighted by Crippen LogP contribution is -2.30. The zero-order chi connectivity index (χ0) is 8.43. The summed E-state index contributed by atoms with van der Waals surface area (Å²) >= 11 is 0. The molecule has 1 rings (SSSR count). The number of nitrogens with zero attached hydrogens (tertiary/aromatic N) is 3. The largest absolute Gasteiger partial charge is 0.454 e. The SMILES string of the molecule is O=[N+]([O-])C1=[C]NON1[N+](=O)[O-]. The number of hydrogen-bond donors (Lipinski definition) is 1. The topological polar surface area (TPSA) is 111 Å². The Kier molecular flexibility index (Phi) is 1.56. The molecule has 9 nitrogen and oxygen atoms in total. The Morgan fingerprint density at radius 3 is 2.55 bits per heavy atom. The van der Waals surface area contributed by atoms with Crippen LogP contribution in [0.2, 0.25) is 0 Å². The Hall–Kier alpha value is -1.90. The van der Waals surface area contributed by atoms with Gasteiger partial charge in [-0.1, -0.05) is 0 Å². The maximum absolute atomic E-state index is 9.96. The minimum absolute atomic E-state index is 0.139. The van der Waals surface area contributed by atoms with Gasteiger partial charge in [0.15, 0.2) is 0 Å². The zero-order valence-corrected chi connectivity index (χ0v) is 4.88. The predicted octanol–water partition coefficient (Wildman–Crippen LogP) is -1.19. The van der Waals surface area contributed by atoms with Crippen LogP contribution in [0, 0.1) is 26.4 Å². The Balaban J connectivity index is 2.79. The second-order valence-corrected chi connectivity index (χ2v) is 1.41. The maximum atomic E-state index is 9.96. The first-order valence-electron chi connectivity index (χ1n) is 2.26. The van der Waals surface area contributed by atoms with E-state index in [9.17, 15) is 20.2 Å². The van der Waals surface area contributed by atoms with Gasteiger partial charge in [0, 0.05) is 0 Å². The molecule has 0 saturated carbocycles. The van der Waals surface area contributed by atoms with E-state index in [2.05, 4.69) is 4.94 Å². The van der Waals surface area contributed by atoms with Gasteiger partial charge in [0.1, 0.15) is 0 Å². The summed E-state index contributed by atoms with van der Waals surface area (Å²) in [7, 11) is 0. The van der Waals surface area contributed by atoms with E-state index in [1.807, 2.05) is 6.20 Å². The Labute approximate surface area is 59.0 Å². The smallest absolute Gasteiger partial charge is 0.358 e. The highest BCUT2D eigenvalue weighted by molar-refractivity contribution is 4.77. The molecule has 0 bridgehead atoms. The van der Waals surface area contributed by atoms with Crippen LogP contribution in [-0.2, 0) is 4.94 Å². The number of rotatable bonds is 2. The predicted molar refractivity (Wildman–Crippen MR) is 26.8 cm³/mol. The molecule has 11 heavy (non-hydrogen) atoms. The first-order chi connectivity index (χ1) is 5.13. The summed E-state index contributed by atoms with van der Waals surface area (Å²) in [5, 5.41) is 18.6. The molecule has 9 heteroatoms. The van der Waals surface area contributed by atoms with Crippen molar-refractivity contribution < 1.29 is 14.9 Å². The zero-order valence-electron chi connectivity index (χ0n) is 4.88. The summed E-state index contributed by atoms with van der Waals surface area (Å²) in [4.78, 5) is 22.9. The highest BCUT2D eigenvalue weighted by Gasteiger charge is 2.41. The van der Waals surface area contributed by atoms with Crippen LogP contribution < -0.4 is 5.48 Å². The van der Waals surface area contributed by atoms with Crippen molar-refractivity contribution in [2.24, 2.45) is 0 Å². The van der Waals surface area contributed by atoms with Crippen LogP contribution >= 0.6 is 0 Å². The fourth-order valence-corrected chi connectivity index (χ4v) is 0.429. The molecule has 0 aromatic heterocycles. The van der Waals surface area contributed by atoms with Gasteiger partial charge in [-0.3, -0.25) is 0 Å². The molecular weight excluding hydrogens is 160 g/mol. The molecule has 0 aromatic rings. The number of nitrogens with one attached hydrogen (secondary N) is 1. The van der Waals surface area contributed by atoms with Gasteiger partial charge in [-0.15, -0.1) is 0 Å². The summed E-state index contributed by atoms with van der Waals surface area (Å²) in [6, 6.07) is 0. The molecule has 0 amide bonds. The molecule has 1 heterocycles. The van der Waals surface area contributed by atoms with E-state index < -0.39 is 15.8 Å². The van der Waals surface area contributed by atoms with E-state index in [0.717, 1.165) is 0 Å². The van der Waals surface area contributed by atoms with Crippen molar-refractivity contribution in [3.8, 4) is 0 Å². The van der Waals surface area contributed by atoms with Crippen molar-refractivity contribution in [1.82, 2.24) is 10.7 Å². The number of hydrazine groups is 1. The van der Waals surface area contributed by atoms with Crippen molar-refractivity contribution >= 4 is 0 Å². The maximum Gasteiger partial charge on any atom is 0.454 e. The quantitative estimate of drug-likeness (QED) is 0.400. The molecule has 1 radical (unpaired) electrons. The van der Waals surface area contributed by atoms with Gasteiger partial charge < -0.3 is 10.1 Å². The van der Waals surface area contributed by atoms with Crippen molar-refractivity contribution in [2.75, 3.05) is 0 Å². The van der Waals surface area contributed by atoms with Gasteiger partial charge in [-0.25, -0.2) is 15.6 Å². The van der Waals surface area contributed by atoms with Crippen LogP contribution in [0.25, 0.3) is 0 Å².